The molecule has 0 rings (SSSR count). The first kappa shape index (κ1) is 16.7. The third-order valence-electron chi connectivity index (χ3n) is 1.33. The topological polar surface area (TPSA) is 58.6 Å². The van der Waals surface area contributed by atoms with Crippen molar-refractivity contribution in [3.63, 3.8) is 0 Å². The maximum atomic E-state index is 12.2. The molecule has 0 aromatic heterocycles. The number of hydrogen-bond donors (Lipinski definition) is 0. The Labute approximate surface area is 92.1 Å². The van der Waals surface area contributed by atoms with Gasteiger partial charge in [0.15, 0.2) is 12.3 Å². The predicted octanol–water partition coefficient (Wildman–Crippen LogP) is 1.69. The summed E-state index contributed by atoms with van der Waals surface area (Å²) in [6.07, 6.45) is -12.7. The first-order valence-corrected chi connectivity index (χ1v) is 5.56. The van der Waals surface area contributed by atoms with Gasteiger partial charge in [0, 0.05) is 0 Å². The normalized spacial score (nSPS) is 19.4. The molecule has 17 heavy (non-hydrogen) atoms. The van der Waals surface area contributed by atoms with Crippen LogP contribution in [0.1, 0.15) is 0 Å². The minimum absolute atomic E-state index is 1.54. The molecule has 0 aliphatic rings. The highest BCUT2D eigenvalue weighted by atomic mass is 31.2. The maximum absolute atomic E-state index is 12.2. The molecule has 2 atom stereocenters. The second-order valence-electron chi connectivity index (χ2n) is 2.74. The van der Waals surface area contributed by atoms with Crippen LogP contribution in [0.2, 0.25) is 0 Å². The zero-order chi connectivity index (χ0) is 13.6. The highest BCUT2D eigenvalue weighted by Crippen LogP contribution is 2.39. The van der Waals surface area contributed by atoms with Crippen LogP contribution >= 0.6 is 7.82 Å². The standard InChI is InChI=1S/C6H9F6O4P/c7-3(5(9)10)1-15-17(13,14)16-2-4(8)6(11)12/h3-6H,1-2H2,(H,13,14)/p-1. The maximum Gasteiger partial charge on any atom is 0.271 e. The summed E-state index contributed by atoms with van der Waals surface area (Å²) in [6, 6.07) is 0. The van der Waals surface area contributed by atoms with Crippen LogP contribution in [0.4, 0.5) is 26.3 Å². The summed E-state index contributed by atoms with van der Waals surface area (Å²) < 4.78 is 88.5. The molecule has 0 aromatic carbocycles. The third-order valence-corrected chi connectivity index (χ3v) is 2.26. The molecule has 0 spiro atoms. The van der Waals surface area contributed by atoms with E-state index in [2.05, 4.69) is 9.05 Å². The van der Waals surface area contributed by atoms with E-state index in [0.29, 0.717) is 0 Å². The summed E-state index contributed by atoms with van der Waals surface area (Å²) in [5.41, 5.74) is 0. The van der Waals surface area contributed by atoms with Gasteiger partial charge in [-0.1, -0.05) is 0 Å². The zero-order valence-electron chi connectivity index (χ0n) is 8.07. The van der Waals surface area contributed by atoms with Gasteiger partial charge in [0.2, 0.25) is 0 Å². The molecule has 0 aliphatic heterocycles. The number of alkyl halides is 6. The van der Waals surface area contributed by atoms with Crippen LogP contribution < -0.4 is 4.89 Å². The van der Waals surface area contributed by atoms with E-state index in [0.717, 1.165) is 0 Å². The van der Waals surface area contributed by atoms with Crippen molar-refractivity contribution in [1.82, 2.24) is 0 Å². The molecule has 0 N–H and O–H groups in total. The van der Waals surface area contributed by atoms with Gasteiger partial charge in [0.25, 0.3) is 20.7 Å². The molecule has 0 aromatic rings. The lowest BCUT2D eigenvalue weighted by Crippen LogP contribution is -2.24. The van der Waals surface area contributed by atoms with Gasteiger partial charge in [-0.2, -0.15) is 0 Å². The first-order valence-electron chi connectivity index (χ1n) is 4.10. The molecule has 0 aliphatic carbocycles. The summed E-state index contributed by atoms with van der Waals surface area (Å²) in [4.78, 5) is 10.6. The van der Waals surface area contributed by atoms with Crippen LogP contribution in [-0.4, -0.2) is 38.4 Å². The van der Waals surface area contributed by atoms with Crippen molar-refractivity contribution >= 4 is 7.82 Å². The van der Waals surface area contributed by atoms with Gasteiger partial charge in [0.05, 0.1) is 13.2 Å². The molecular weight excluding hydrogens is 281 g/mol. The second kappa shape index (κ2) is 7.20. The van der Waals surface area contributed by atoms with Crippen LogP contribution in [0.5, 0.6) is 0 Å². The summed E-state index contributed by atoms with van der Waals surface area (Å²) in [5.74, 6) is 0. The van der Waals surface area contributed by atoms with Crippen molar-refractivity contribution in [2.75, 3.05) is 13.2 Å². The molecule has 104 valence electrons. The molecular formula is C6H8F6O4P-. The second-order valence-corrected chi connectivity index (χ2v) is 4.15. The number of rotatable bonds is 8. The molecule has 0 amide bonds. The highest BCUT2D eigenvalue weighted by Gasteiger charge is 2.25. The van der Waals surface area contributed by atoms with Gasteiger partial charge in [-0.15, -0.1) is 0 Å². The third kappa shape index (κ3) is 7.58. The molecule has 0 radical (unpaired) electrons. The highest BCUT2D eigenvalue weighted by molar-refractivity contribution is 7.45. The van der Waals surface area contributed by atoms with E-state index in [1.54, 1.807) is 0 Å². The quantitative estimate of drug-likeness (QED) is 0.504. The van der Waals surface area contributed by atoms with Crippen LogP contribution in [0.25, 0.3) is 0 Å². The van der Waals surface area contributed by atoms with Crippen LogP contribution in [0.15, 0.2) is 0 Å². The van der Waals surface area contributed by atoms with Gasteiger partial charge in [-0.25, -0.2) is 26.3 Å². The average Bonchev–Trinajstić information content (AvgIpc) is 2.22. The van der Waals surface area contributed by atoms with E-state index in [1.165, 1.54) is 0 Å². The van der Waals surface area contributed by atoms with Crippen molar-refractivity contribution in [3.05, 3.63) is 0 Å². The number of phosphoric ester groups is 1. The Morgan fingerprint density at radius 1 is 0.882 bits per heavy atom. The van der Waals surface area contributed by atoms with E-state index in [4.69, 9.17) is 0 Å². The minimum Gasteiger partial charge on any atom is -0.756 e. The van der Waals surface area contributed by atoms with Gasteiger partial charge >= 0.3 is 0 Å². The van der Waals surface area contributed by atoms with Gasteiger partial charge in [-0.05, 0) is 0 Å². The van der Waals surface area contributed by atoms with E-state index < -0.39 is 46.2 Å². The molecule has 0 saturated heterocycles. The van der Waals surface area contributed by atoms with Crippen LogP contribution in [0.3, 0.4) is 0 Å². The summed E-state index contributed by atoms with van der Waals surface area (Å²) in [7, 11) is -5.28. The van der Waals surface area contributed by atoms with Crippen LogP contribution in [0, 0.1) is 0 Å². The predicted molar refractivity (Wildman–Crippen MR) is 41.3 cm³/mol. The largest absolute Gasteiger partial charge is 0.756 e. The smallest absolute Gasteiger partial charge is 0.271 e. The fourth-order valence-corrected chi connectivity index (χ4v) is 1.23. The van der Waals surface area contributed by atoms with E-state index in [1.807, 2.05) is 0 Å². The Balaban J connectivity index is 4.00. The lowest BCUT2D eigenvalue weighted by molar-refractivity contribution is -0.229. The monoisotopic (exact) mass is 289 g/mol. The lowest BCUT2D eigenvalue weighted by Gasteiger charge is -2.24. The zero-order valence-corrected chi connectivity index (χ0v) is 8.97. The molecule has 4 nitrogen and oxygen atoms in total. The summed E-state index contributed by atoms with van der Waals surface area (Å²) in [5, 5.41) is 0. The Kier molecular flexibility index (Phi) is 7.07. The Morgan fingerprint density at radius 3 is 1.41 bits per heavy atom. The van der Waals surface area contributed by atoms with Crippen molar-refractivity contribution in [3.8, 4) is 0 Å². The van der Waals surface area contributed by atoms with Crippen molar-refractivity contribution in [1.29, 1.82) is 0 Å². The fraction of sp³-hybridized carbons (Fsp3) is 1.00. The molecule has 0 bridgehead atoms. The number of halogens is 6. The average molecular weight is 289 g/mol. The van der Waals surface area contributed by atoms with Gasteiger partial charge < -0.3 is 13.9 Å². The van der Waals surface area contributed by atoms with Crippen LogP contribution in [-0.2, 0) is 13.6 Å². The van der Waals surface area contributed by atoms with Crippen molar-refractivity contribution < 1.29 is 44.8 Å². The Bertz CT molecular complexity index is 243. The van der Waals surface area contributed by atoms with Crippen molar-refractivity contribution in [2.45, 2.75) is 25.2 Å². The Hall–Kier alpha value is -0.310. The minimum atomic E-state index is -5.28. The molecule has 0 fully saturated rings. The lowest BCUT2D eigenvalue weighted by atomic mass is 10.4. The summed E-state index contributed by atoms with van der Waals surface area (Å²) >= 11 is 0. The fourth-order valence-electron chi connectivity index (χ4n) is 0.508. The van der Waals surface area contributed by atoms with Gasteiger partial charge in [0.1, 0.15) is 0 Å². The van der Waals surface area contributed by atoms with E-state index >= 15 is 0 Å². The molecule has 2 unspecified atom stereocenters. The SMILES string of the molecule is O=P([O-])(OCC(F)C(F)F)OCC(F)C(F)F. The number of phosphoric acid groups is 1. The van der Waals surface area contributed by atoms with E-state index in [9.17, 15) is 35.8 Å². The van der Waals surface area contributed by atoms with E-state index in [-0.39, 0.29) is 0 Å². The van der Waals surface area contributed by atoms with Gasteiger partial charge in [-0.3, -0.25) is 4.57 Å². The summed E-state index contributed by atoms with van der Waals surface area (Å²) in [6.45, 7) is -3.08. The van der Waals surface area contributed by atoms with Crippen molar-refractivity contribution in [2.24, 2.45) is 0 Å². The first-order chi connectivity index (χ1) is 7.65. The molecule has 0 saturated carbocycles. The number of hydrogen-bond acceptors (Lipinski definition) is 4. The molecule has 0 heterocycles. The Morgan fingerprint density at radius 2 is 1.18 bits per heavy atom. The molecule has 11 heteroatoms.